The predicted octanol–water partition coefficient (Wildman–Crippen LogP) is 5.29. The Morgan fingerprint density at radius 2 is 1.68 bits per heavy atom. The molecule has 0 fully saturated rings. The number of benzene rings is 3. The molecule has 0 unspecified atom stereocenters. The fourth-order valence-corrected chi connectivity index (χ4v) is 3.31. The number of aryl methyl sites for hydroxylation is 1. The van der Waals surface area contributed by atoms with E-state index in [0.29, 0.717) is 23.0 Å². The molecule has 156 valence electrons. The maximum Gasteiger partial charge on any atom is 0.315 e. The summed E-state index contributed by atoms with van der Waals surface area (Å²) >= 11 is 6.25. The van der Waals surface area contributed by atoms with Gasteiger partial charge in [-0.05, 0) is 30.2 Å². The average molecular weight is 433 g/mol. The van der Waals surface area contributed by atoms with Crippen LogP contribution >= 0.6 is 11.6 Å². The monoisotopic (exact) mass is 432 g/mol. The van der Waals surface area contributed by atoms with E-state index in [-0.39, 0.29) is 11.9 Å². The van der Waals surface area contributed by atoms with Crippen LogP contribution in [0.15, 0.2) is 83.3 Å². The lowest BCUT2D eigenvalue weighted by molar-refractivity contribution is 0.236. The zero-order valence-corrected chi connectivity index (χ0v) is 17.6. The lowest BCUT2D eigenvalue weighted by Crippen LogP contribution is -2.38. The molecule has 0 saturated carbocycles. The molecule has 0 saturated heterocycles. The van der Waals surface area contributed by atoms with E-state index in [1.807, 2.05) is 73.7 Å². The summed E-state index contributed by atoms with van der Waals surface area (Å²) in [6.45, 7) is 2.43. The van der Waals surface area contributed by atoms with Crippen molar-refractivity contribution in [3.05, 3.63) is 106 Å². The molecule has 1 aromatic heterocycles. The molecule has 7 heteroatoms. The van der Waals surface area contributed by atoms with E-state index in [1.165, 1.54) is 5.56 Å². The first-order valence-electron chi connectivity index (χ1n) is 9.83. The number of rotatable bonds is 6. The van der Waals surface area contributed by atoms with Crippen molar-refractivity contribution >= 4 is 17.6 Å². The molecule has 0 spiro atoms. The van der Waals surface area contributed by atoms with Crippen LogP contribution < -0.4 is 10.6 Å². The Labute approximate surface area is 185 Å². The molecule has 2 amide bonds. The number of carbonyl (C=O) groups is 1. The van der Waals surface area contributed by atoms with Crippen LogP contribution in [0.25, 0.3) is 11.5 Å². The molecule has 0 aliphatic carbocycles. The van der Waals surface area contributed by atoms with Crippen molar-refractivity contribution in [2.45, 2.75) is 19.5 Å². The Balaban J connectivity index is 1.53. The van der Waals surface area contributed by atoms with Crippen molar-refractivity contribution in [2.24, 2.45) is 0 Å². The number of halogens is 1. The zero-order chi connectivity index (χ0) is 21.6. The van der Waals surface area contributed by atoms with Gasteiger partial charge in [0.1, 0.15) is 6.04 Å². The molecule has 31 heavy (non-hydrogen) atoms. The molecule has 2 N–H and O–H groups in total. The molecule has 0 aliphatic rings. The summed E-state index contributed by atoms with van der Waals surface area (Å²) in [5, 5.41) is 14.6. The second-order valence-corrected chi connectivity index (χ2v) is 7.49. The standard InChI is InChI=1S/C24H21ClN4O2/c1-16-11-13-17(14-12-16)15-26-24(30)27-21(18-7-3-2-4-8-18)23-29-28-22(31-23)19-9-5-6-10-20(19)25/h2-14,21H,15H2,1H3,(H2,26,27,30)/t21-/m0/s1. The summed E-state index contributed by atoms with van der Waals surface area (Å²) in [7, 11) is 0. The molecule has 0 radical (unpaired) electrons. The molecule has 0 bridgehead atoms. The minimum Gasteiger partial charge on any atom is -0.418 e. The van der Waals surface area contributed by atoms with Crippen molar-refractivity contribution in [2.75, 3.05) is 0 Å². The third kappa shape index (κ3) is 5.10. The van der Waals surface area contributed by atoms with E-state index >= 15 is 0 Å². The Morgan fingerprint density at radius 3 is 2.42 bits per heavy atom. The van der Waals surface area contributed by atoms with Crippen LogP contribution in [0, 0.1) is 6.92 Å². The summed E-state index contributed by atoms with van der Waals surface area (Å²) in [6.07, 6.45) is 0. The second kappa shape index (κ2) is 9.45. The maximum absolute atomic E-state index is 12.6. The van der Waals surface area contributed by atoms with Gasteiger partial charge in [0.2, 0.25) is 11.8 Å². The summed E-state index contributed by atoms with van der Waals surface area (Å²) in [6, 6.07) is 23.7. The number of nitrogens with one attached hydrogen (secondary N) is 2. The number of amides is 2. The topological polar surface area (TPSA) is 80.0 Å². The number of hydrogen-bond donors (Lipinski definition) is 2. The lowest BCUT2D eigenvalue weighted by Gasteiger charge is -2.16. The molecule has 6 nitrogen and oxygen atoms in total. The first kappa shape index (κ1) is 20.6. The van der Waals surface area contributed by atoms with E-state index in [2.05, 4.69) is 20.8 Å². The van der Waals surface area contributed by atoms with Gasteiger partial charge in [-0.15, -0.1) is 10.2 Å². The van der Waals surface area contributed by atoms with Crippen molar-refractivity contribution in [3.8, 4) is 11.5 Å². The van der Waals surface area contributed by atoms with Crippen LogP contribution in [-0.4, -0.2) is 16.2 Å². The quantitative estimate of drug-likeness (QED) is 0.434. The molecular weight excluding hydrogens is 412 g/mol. The molecule has 1 atom stereocenters. The fourth-order valence-electron chi connectivity index (χ4n) is 3.10. The zero-order valence-electron chi connectivity index (χ0n) is 16.9. The van der Waals surface area contributed by atoms with Gasteiger partial charge in [0, 0.05) is 6.54 Å². The highest BCUT2D eigenvalue weighted by Gasteiger charge is 2.23. The number of hydrogen-bond acceptors (Lipinski definition) is 4. The minimum atomic E-state index is -0.608. The van der Waals surface area contributed by atoms with Gasteiger partial charge >= 0.3 is 6.03 Å². The Kier molecular flexibility index (Phi) is 6.29. The van der Waals surface area contributed by atoms with Gasteiger partial charge in [-0.3, -0.25) is 0 Å². The van der Waals surface area contributed by atoms with Crippen molar-refractivity contribution in [1.29, 1.82) is 0 Å². The largest absolute Gasteiger partial charge is 0.418 e. The molecular formula is C24H21ClN4O2. The van der Waals surface area contributed by atoms with Gasteiger partial charge in [-0.1, -0.05) is 83.9 Å². The second-order valence-electron chi connectivity index (χ2n) is 7.08. The number of nitrogens with zero attached hydrogens (tertiary/aromatic N) is 2. The Bertz CT molecular complexity index is 1160. The molecule has 4 aromatic rings. The van der Waals surface area contributed by atoms with Gasteiger partial charge in [0.25, 0.3) is 0 Å². The van der Waals surface area contributed by atoms with Gasteiger partial charge in [-0.2, -0.15) is 0 Å². The molecule has 3 aromatic carbocycles. The van der Waals surface area contributed by atoms with E-state index < -0.39 is 6.04 Å². The van der Waals surface area contributed by atoms with Crippen molar-refractivity contribution < 1.29 is 9.21 Å². The highest BCUT2D eigenvalue weighted by Crippen LogP contribution is 2.29. The van der Waals surface area contributed by atoms with Crippen LogP contribution in [0.5, 0.6) is 0 Å². The fraction of sp³-hybridized carbons (Fsp3) is 0.125. The minimum absolute atomic E-state index is 0.270. The van der Waals surface area contributed by atoms with Crippen LogP contribution in [-0.2, 0) is 6.54 Å². The smallest absolute Gasteiger partial charge is 0.315 e. The first-order valence-corrected chi connectivity index (χ1v) is 10.2. The highest BCUT2D eigenvalue weighted by molar-refractivity contribution is 6.33. The summed E-state index contributed by atoms with van der Waals surface area (Å²) in [5.74, 6) is 0.565. The van der Waals surface area contributed by atoms with Crippen LogP contribution in [0.4, 0.5) is 4.79 Å². The molecule has 4 rings (SSSR count). The normalized spacial score (nSPS) is 11.7. The highest BCUT2D eigenvalue weighted by atomic mass is 35.5. The summed E-state index contributed by atoms with van der Waals surface area (Å²) in [5.41, 5.74) is 3.64. The van der Waals surface area contributed by atoms with Gasteiger partial charge in [0.15, 0.2) is 0 Å². The SMILES string of the molecule is Cc1ccc(CNC(=O)N[C@@H](c2ccccc2)c2nnc(-c3ccccc3Cl)o2)cc1. The third-order valence-electron chi connectivity index (χ3n) is 4.77. The van der Waals surface area contributed by atoms with Gasteiger partial charge in [-0.25, -0.2) is 4.79 Å². The van der Waals surface area contributed by atoms with Crippen molar-refractivity contribution in [1.82, 2.24) is 20.8 Å². The number of carbonyl (C=O) groups excluding carboxylic acids is 1. The summed E-state index contributed by atoms with van der Waals surface area (Å²) < 4.78 is 5.89. The predicted molar refractivity (Wildman–Crippen MR) is 120 cm³/mol. The lowest BCUT2D eigenvalue weighted by atomic mass is 10.1. The number of aromatic nitrogens is 2. The Hall–Kier alpha value is -3.64. The first-order chi connectivity index (χ1) is 15.1. The van der Waals surface area contributed by atoms with Crippen LogP contribution in [0.1, 0.15) is 28.6 Å². The van der Waals surface area contributed by atoms with E-state index in [4.69, 9.17) is 16.0 Å². The summed E-state index contributed by atoms with van der Waals surface area (Å²) in [4.78, 5) is 12.6. The van der Waals surface area contributed by atoms with Gasteiger partial charge in [0.05, 0.1) is 10.6 Å². The van der Waals surface area contributed by atoms with E-state index in [1.54, 1.807) is 12.1 Å². The van der Waals surface area contributed by atoms with Gasteiger partial charge < -0.3 is 15.1 Å². The van der Waals surface area contributed by atoms with E-state index in [9.17, 15) is 4.79 Å². The molecule has 1 heterocycles. The third-order valence-corrected chi connectivity index (χ3v) is 5.10. The average Bonchev–Trinajstić information content (AvgIpc) is 3.27. The Morgan fingerprint density at radius 1 is 0.968 bits per heavy atom. The van der Waals surface area contributed by atoms with E-state index in [0.717, 1.165) is 11.1 Å². The van der Waals surface area contributed by atoms with Crippen molar-refractivity contribution in [3.63, 3.8) is 0 Å². The van der Waals surface area contributed by atoms with Crippen LogP contribution in [0.3, 0.4) is 0 Å². The van der Waals surface area contributed by atoms with Crippen LogP contribution in [0.2, 0.25) is 5.02 Å². The number of urea groups is 1. The maximum atomic E-state index is 12.6. The molecule has 0 aliphatic heterocycles.